The summed E-state index contributed by atoms with van der Waals surface area (Å²) in [6, 6.07) is 4.54. The number of piperidine rings is 1. The Morgan fingerprint density at radius 3 is 2.58 bits per heavy atom. The van der Waals surface area contributed by atoms with Crippen LogP contribution in [0.2, 0.25) is 0 Å². The number of fused-ring (bicyclic) bond motifs is 1. The summed E-state index contributed by atoms with van der Waals surface area (Å²) in [5, 5.41) is 3.24. The zero-order valence-corrected chi connectivity index (χ0v) is 18.7. The van der Waals surface area contributed by atoms with Crippen LogP contribution >= 0.6 is 0 Å². The van der Waals surface area contributed by atoms with E-state index in [1.807, 2.05) is 29.1 Å². The van der Waals surface area contributed by atoms with Gasteiger partial charge in [0, 0.05) is 70.2 Å². The van der Waals surface area contributed by atoms with Crippen molar-refractivity contribution in [3.8, 4) is 0 Å². The van der Waals surface area contributed by atoms with Crippen LogP contribution in [-0.4, -0.2) is 77.4 Å². The van der Waals surface area contributed by atoms with Crippen LogP contribution in [0.3, 0.4) is 0 Å². The van der Waals surface area contributed by atoms with Crippen molar-refractivity contribution in [2.45, 2.75) is 57.5 Å². The summed E-state index contributed by atoms with van der Waals surface area (Å²) in [6.07, 6.45) is 11.1. The molecule has 1 atom stereocenters. The van der Waals surface area contributed by atoms with E-state index in [1.54, 1.807) is 6.20 Å². The molecular formula is C24H35N5O2. The van der Waals surface area contributed by atoms with Crippen molar-refractivity contribution in [3.63, 3.8) is 0 Å². The van der Waals surface area contributed by atoms with Crippen molar-refractivity contribution in [2.75, 3.05) is 39.8 Å². The molecule has 3 amide bonds. The lowest BCUT2D eigenvalue weighted by Gasteiger charge is -2.47. The Labute approximate surface area is 185 Å². The second-order valence-corrected chi connectivity index (χ2v) is 10.3. The van der Waals surface area contributed by atoms with Crippen molar-refractivity contribution in [1.82, 2.24) is 25.0 Å². The molecule has 0 aromatic carbocycles. The monoisotopic (exact) mass is 425 g/mol. The van der Waals surface area contributed by atoms with E-state index < -0.39 is 0 Å². The third kappa shape index (κ3) is 3.60. The highest BCUT2D eigenvalue weighted by atomic mass is 16.2. The van der Waals surface area contributed by atoms with Gasteiger partial charge in [0.05, 0.1) is 5.41 Å². The molecule has 4 aliphatic rings. The van der Waals surface area contributed by atoms with Crippen LogP contribution in [0.5, 0.6) is 0 Å². The quantitative estimate of drug-likeness (QED) is 0.808. The third-order valence-corrected chi connectivity index (χ3v) is 8.48. The Morgan fingerprint density at radius 2 is 1.94 bits per heavy atom. The van der Waals surface area contributed by atoms with Gasteiger partial charge < -0.3 is 15.1 Å². The summed E-state index contributed by atoms with van der Waals surface area (Å²) < 4.78 is 0. The van der Waals surface area contributed by atoms with Crippen LogP contribution in [0.25, 0.3) is 0 Å². The van der Waals surface area contributed by atoms with Crippen molar-refractivity contribution in [2.24, 2.45) is 10.8 Å². The largest absolute Gasteiger partial charge is 0.345 e. The number of carbonyl (C=O) groups excluding carboxylic acids is 2. The van der Waals surface area contributed by atoms with Crippen LogP contribution in [0.15, 0.2) is 24.5 Å². The Bertz CT molecular complexity index is 817. The van der Waals surface area contributed by atoms with Gasteiger partial charge in [-0.15, -0.1) is 0 Å². The molecule has 3 aliphatic heterocycles. The van der Waals surface area contributed by atoms with Crippen LogP contribution in [-0.2, 0) is 11.3 Å². The van der Waals surface area contributed by atoms with Gasteiger partial charge in [0.2, 0.25) is 5.91 Å². The number of nitrogens with one attached hydrogen (secondary N) is 1. The summed E-state index contributed by atoms with van der Waals surface area (Å²) >= 11 is 0. The predicted molar refractivity (Wildman–Crippen MR) is 118 cm³/mol. The normalized spacial score (nSPS) is 28.9. The highest BCUT2D eigenvalue weighted by molar-refractivity contribution is 5.86. The third-order valence-electron chi connectivity index (χ3n) is 8.48. The lowest BCUT2D eigenvalue weighted by molar-refractivity contribution is -0.141. The second-order valence-electron chi connectivity index (χ2n) is 10.3. The van der Waals surface area contributed by atoms with Gasteiger partial charge in [-0.25, -0.2) is 4.79 Å². The fourth-order valence-electron chi connectivity index (χ4n) is 6.73. The molecule has 7 heteroatoms. The maximum atomic E-state index is 13.4. The Hall–Kier alpha value is -2.15. The molecule has 0 radical (unpaired) electrons. The molecule has 3 saturated heterocycles. The first-order chi connectivity index (χ1) is 15.0. The number of aromatic nitrogens is 1. The smallest absolute Gasteiger partial charge is 0.317 e. The molecule has 0 bridgehead atoms. The topological polar surface area (TPSA) is 68.8 Å². The SMILES string of the molecule is CN1CCC2(CN(Cc3cccnc3)CC23CCN(C(=O)NC2CCCC2)CC3)C1=O. The number of nitrogens with zero attached hydrogens (tertiary/aromatic N) is 4. The van der Waals surface area contributed by atoms with E-state index in [4.69, 9.17) is 0 Å². The van der Waals surface area contributed by atoms with Crippen LogP contribution in [0, 0.1) is 10.8 Å². The first kappa shape index (κ1) is 20.7. The average Bonchev–Trinajstić information content (AvgIpc) is 3.46. The molecular weight excluding hydrogens is 390 g/mol. The van der Waals surface area contributed by atoms with Crippen molar-refractivity contribution >= 4 is 11.9 Å². The van der Waals surface area contributed by atoms with Gasteiger partial charge in [-0.3, -0.25) is 14.7 Å². The van der Waals surface area contributed by atoms with Gasteiger partial charge in [0.1, 0.15) is 0 Å². The fraction of sp³-hybridized carbons (Fsp3) is 0.708. The number of rotatable bonds is 3. The zero-order chi connectivity index (χ0) is 21.5. The first-order valence-electron chi connectivity index (χ1n) is 11.9. The van der Waals surface area contributed by atoms with E-state index in [0.717, 1.165) is 71.4 Å². The molecule has 168 valence electrons. The van der Waals surface area contributed by atoms with Crippen LogP contribution < -0.4 is 5.32 Å². The first-order valence-corrected chi connectivity index (χ1v) is 11.9. The van der Waals surface area contributed by atoms with E-state index in [-0.39, 0.29) is 16.9 Å². The number of likely N-dealkylation sites (tertiary alicyclic amines) is 3. The Morgan fingerprint density at radius 1 is 1.16 bits per heavy atom. The van der Waals surface area contributed by atoms with Gasteiger partial charge >= 0.3 is 6.03 Å². The van der Waals surface area contributed by atoms with Gasteiger partial charge in [-0.1, -0.05) is 18.9 Å². The highest BCUT2D eigenvalue weighted by Crippen LogP contribution is 2.57. The van der Waals surface area contributed by atoms with Crippen molar-refractivity contribution in [1.29, 1.82) is 0 Å². The lowest BCUT2D eigenvalue weighted by Crippen LogP contribution is -2.55. The number of hydrogen-bond acceptors (Lipinski definition) is 4. The second kappa shape index (κ2) is 8.08. The van der Waals surface area contributed by atoms with Gasteiger partial charge in [-0.2, -0.15) is 0 Å². The number of carbonyl (C=O) groups is 2. The number of urea groups is 1. The molecule has 4 heterocycles. The molecule has 1 unspecified atom stereocenters. The van der Waals surface area contributed by atoms with Gasteiger partial charge in [0.15, 0.2) is 0 Å². The molecule has 5 rings (SSSR count). The minimum absolute atomic E-state index is 0.0405. The number of pyridine rings is 1. The molecule has 1 aromatic rings. The average molecular weight is 426 g/mol. The van der Waals surface area contributed by atoms with Gasteiger partial charge in [0.25, 0.3) is 0 Å². The molecule has 1 aliphatic carbocycles. The minimum Gasteiger partial charge on any atom is -0.345 e. The maximum absolute atomic E-state index is 13.4. The summed E-state index contributed by atoms with van der Waals surface area (Å²) in [7, 11) is 1.94. The van der Waals surface area contributed by atoms with Gasteiger partial charge in [-0.05, 0) is 43.7 Å². The molecule has 2 spiro atoms. The molecule has 1 aromatic heterocycles. The van der Waals surface area contributed by atoms with E-state index in [9.17, 15) is 9.59 Å². The molecule has 31 heavy (non-hydrogen) atoms. The highest BCUT2D eigenvalue weighted by Gasteiger charge is 2.64. The molecule has 1 saturated carbocycles. The number of amides is 3. The van der Waals surface area contributed by atoms with Crippen molar-refractivity contribution in [3.05, 3.63) is 30.1 Å². The maximum Gasteiger partial charge on any atom is 0.317 e. The number of hydrogen-bond donors (Lipinski definition) is 1. The lowest BCUT2D eigenvalue weighted by atomic mass is 9.60. The van der Waals surface area contributed by atoms with Crippen LogP contribution in [0.1, 0.15) is 50.5 Å². The summed E-state index contributed by atoms with van der Waals surface area (Å²) in [5.74, 6) is 0.310. The zero-order valence-electron chi connectivity index (χ0n) is 18.7. The van der Waals surface area contributed by atoms with E-state index >= 15 is 0 Å². The van der Waals surface area contributed by atoms with E-state index in [2.05, 4.69) is 21.3 Å². The standard InChI is InChI=1S/C24H35N5O2/c1-27-12-10-24(21(27)30)18-28(16-19-5-4-11-25-15-19)17-23(24)8-13-29(14-9-23)22(31)26-20-6-2-3-7-20/h4-5,11,15,20H,2-3,6-10,12-14,16-18H2,1H3,(H,26,31). The Kier molecular flexibility index (Phi) is 5.40. The van der Waals surface area contributed by atoms with E-state index in [1.165, 1.54) is 18.4 Å². The Balaban J connectivity index is 1.31. The predicted octanol–water partition coefficient (Wildman–Crippen LogP) is 2.48. The van der Waals surface area contributed by atoms with Crippen molar-refractivity contribution < 1.29 is 9.59 Å². The van der Waals surface area contributed by atoms with Crippen LogP contribution in [0.4, 0.5) is 4.79 Å². The van der Waals surface area contributed by atoms with E-state index in [0.29, 0.717) is 11.9 Å². The fourth-order valence-corrected chi connectivity index (χ4v) is 6.73. The summed E-state index contributed by atoms with van der Waals surface area (Å²) in [6.45, 7) is 4.92. The molecule has 4 fully saturated rings. The molecule has 1 N–H and O–H groups in total. The summed E-state index contributed by atoms with van der Waals surface area (Å²) in [5.41, 5.74) is 0.848. The molecule has 7 nitrogen and oxygen atoms in total. The minimum atomic E-state index is -0.308. The summed E-state index contributed by atoms with van der Waals surface area (Å²) in [4.78, 5) is 36.9.